The predicted molar refractivity (Wildman–Crippen MR) is 75.3 cm³/mol. The molecule has 0 aliphatic rings. The van der Waals surface area contributed by atoms with Crippen molar-refractivity contribution in [3.05, 3.63) is 0 Å². The van der Waals surface area contributed by atoms with Crippen LogP contribution in [0.1, 0.15) is 70.6 Å². The van der Waals surface area contributed by atoms with E-state index in [0.717, 1.165) is 58.0 Å². The van der Waals surface area contributed by atoms with Gasteiger partial charge in [0.05, 0.1) is 0 Å². The number of Topliss-reactive ketones (excluding diaryl/α,β-unsaturated/α-hetero) is 1. The molecule has 0 bridgehead atoms. The van der Waals surface area contributed by atoms with Crippen molar-refractivity contribution in [1.29, 1.82) is 0 Å². The summed E-state index contributed by atoms with van der Waals surface area (Å²) in [6.07, 6.45) is 9.45. The van der Waals surface area contributed by atoms with Gasteiger partial charge in [0.1, 0.15) is 5.78 Å². The number of rotatable bonds is 14. The van der Waals surface area contributed by atoms with E-state index < -0.39 is 5.97 Å². The van der Waals surface area contributed by atoms with Gasteiger partial charge in [-0.1, -0.05) is 25.7 Å². The fourth-order valence-electron chi connectivity index (χ4n) is 2.00. The highest BCUT2D eigenvalue weighted by atomic mass is 16.5. The van der Waals surface area contributed by atoms with E-state index in [0.29, 0.717) is 18.6 Å². The highest BCUT2D eigenvalue weighted by Crippen LogP contribution is 2.10. The number of carboxylic acid groups (broad SMARTS) is 1. The summed E-state index contributed by atoms with van der Waals surface area (Å²) in [6, 6.07) is 0. The number of hydrogen-bond donors (Lipinski definition) is 1. The van der Waals surface area contributed by atoms with E-state index in [4.69, 9.17) is 9.84 Å². The summed E-state index contributed by atoms with van der Waals surface area (Å²) >= 11 is 0. The molecule has 0 atom stereocenters. The van der Waals surface area contributed by atoms with Gasteiger partial charge < -0.3 is 9.84 Å². The first-order valence-electron chi connectivity index (χ1n) is 7.39. The Hall–Kier alpha value is -0.900. The fourth-order valence-corrected chi connectivity index (χ4v) is 2.00. The third-order valence-electron chi connectivity index (χ3n) is 3.15. The number of carbonyl (C=O) groups excluding carboxylic acids is 1. The van der Waals surface area contributed by atoms with E-state index in [9.17, 15) is 9.59 Å². The molecule has 1 N–H and O–H groups in total. The van der Waals surface area contributed by atoms with E-state index >= 15 is 0 Å². The quantitative estimate of drug-likeness (QED) is 0.491. The summed E-state index contributed by atoms with van der Waals surface area (Å²) in [5, 5.41) is 8.47. The molecule has 0 aliphatic carbocycles. The fraction of sp³-hybridized carbons (Fsp3) is 0.867. The second kappa shape index (κ2) is 13.5. The van der Waals surface area contributed by atoms with Gasteiger partial charge >= 0.3 is 5.97 Å². The maximum absolute atomic E-state index is 11.5. The lowest BCUT2D eigenvalue weighted by Crippen LogP contribution is -1.98. The summed E-state index contributed by atoms with van der Waals surface area (Å²) in [6.45, 7) is 0.782. The molecule has 0 amide bonds. The van der Waals surface area contributed by atoms with Gasteiger partial charge in [0.25, 0.3) is 0 Å². The minimum Gasteiger partial charge on any atom is -0.481 e. The van der Waals surface area contributed by atoms with Crippen molar-refractivity contribution < 1.29 is 19.4 Å². The highest BCUT2D eigenvalue weighted by molar-refractivity contribution is 5.78. The molecule has 0 heterocycles. The Labute approximate surface area is 116 Å². The van der Waals surface area contributed by atoms with Crippen LogP contribution in [-0.4, -0.2) is 30.6 Å². The normalized spacial score (nSPS) is 10.6. The first kappa shape index (κ1) is 18.1. The summed E-state index contributed by atoms with van der Waals surface area (Å²) in [5.41, 5.74) is 0. The SMILES string of the molecule is COCCCCCC(=O)CCCCCCCC(=O)O. The minimum absolute atomic E-state index is 0.264. The molecule has 0 unspecified atom stereocenters. The molecule has 0 saturated heterocycles. The Morgan fingerprint density at radius 1 is 0.789 bits per heavy atom. The van der Waals surface area contributed by atoms with Crippen LogP contribution in [-0.2, 0) is 14.3 Å². The first-order valence-corrected chi connectivity index (χ1v) is 7.39. The lowest BCUT2D eigenvalue weighted by atomic mass is 10.0. The molecule has 0 saturated carbocycles. The second-order valence-corrected chi connectivity index (χ2v) is 5.00. The van der Waals surface area contributed by atoms with Crippen LogP contribution < -0.4 is 0 Å². The van der Waals surface area contributed by atoms with Gasteiger partial charge in [0.15, 0.2) is 0 Å². The van der Waals surface area contributed by atoms with Gasteiger partial charge in [-0.3, -0.25) is 9.59 Å². The van der Waals surface area contributed by atoms with Gasteiger partial charge in [-0.25, -0.2) is 0 Å². The molecule has 0 aliphatic heterocycles. The maximum Gasteiger partial charge on any atom is 0.303 e. The number of methoxy groups -OCH3 is 1. The number of carboxylic acids is 1. The van der Waals surface area contributed by atoms with Crippen LogP contribution in [0.15, 0.2) is 0 Å². The largest absolute Gasteiger partial charge is 0.481 e. The maximum atomic E-state index is 11.5. The highest BCUT2D eigenvalue weighted by Gasteiger charge is 2.02. The van der Waals surface area contributed by atoms with E-state index in [2.05, 4.69) is 0 Å². The lowest BCUT2D eigenvalue weighted by molar-refractivity contribution is -0.137. The standard InChI is InChI=1S/C15H28O4/c1-19-13-9-5-7-11-14(16)10-6-3-2-4-8-12-15(17)18/h2-13H2,1H3,(H,17,18). The zero-order valence-electron chi connectivity index (χ0n) is 12.2. The van der Waals surface area contributed by atoms with Gasteiger partial charge in [-0.15, -0.1) is 0 Å². The molecule has 0 spiro atoms. The van der Waals surface area contributed by atoms with Crippen LogP contribution in [0.5, 0.6) is 0 Å². The summed E-state index contributed by atoms with van der Waals surface area (Å²) in [5.74, 6) is -0.355. The Kier molecular flexibility index (Phi) is 12.9. The third-order valence-corrected chi connectivity index (χ3v) is 3.15. The zero-order valence-corrected chi connectivity index (χ0v) is 12.2. The molecule has 4 heteroatoms. The van der Waals surface area contributed by atoms with Crippen molar-refractivity contribution in [1.82, 2.24) is 0 Å². The number of unbranched alkanes of at least 4 members (excludes halogenated alkanes) is 6. The molecule has 0 rings (SSSR count). The predicted octanol–water partition coefficient (Wildman–Crippen LogP) is 3.58. The molecule has 4 nitrogen and oxygen atoms in total. The van der Waals surface area contributed by atoms with Crippen LogP contribution in [0.25, 0.3) is 0 Å². The summed E-state index contributed by atoms with van der Waals surface area (Å²) in [7, 11) is 1.70. The van der Waals surface area contributed by atoms with E-state index in [-0.39, 0.29) is 6.42 Å². The van der Waals surface area contributed by atoms with Crippen molar-refractivity contribution in [2.75, 3.05) is 13.7 Å². The second-order valence-electron chi connectivity index (χ2n) is 5.00. The number of aliphatic carboxylic acids is 1. The van der Waals surface area contributed by atoms with Gasteiger partial charge in [-0.05, 0) is 25.7 Å². The van der Waals surface area contributed by atoms with Gasteiger partial charge in [-0.2, -0.15) is 0 Å². The van der Waals surface area contributed by atoms with Crippen molar-refractivity contribution >= 4 is 11.8 Å². The number of ether oxygens (including phenoxy) is 1. The Balaban J connectivity index is 3.18. The molecular weight excluding hydrogens is 244 g/mol. The number of hydrogen-bond acceptors (Lipinski definition) is 3. The molecule has 0 fully saturated rings. The molecular formula is C15H28O4. The van der Waals surface area contributed by atoms with Gasteiger partial charge in [0, 0.05) is 33.0 Å². The van der Waals surface area contributed by atoms with Crippen molar-refractivity contribution in [2.45, 2.75) is 70.6 Å². The Bertz CT molecular complexity index is 238. The van der Waals surface area contributed by atoms with Crippen molar-refractivity contribution in [2.24, 2.45) is 0 Å². The van der Waals surface area contributed by atoms with Crippen LogP contribution >= 0.6 is 0 Å². The zero-order chi connectivity index (χ0) is 14.3. The summed E-state index contributed by atoms with van der Waals surface area (Å²) in [4.78, 5) is 21.8. The molecule has 0 aromatic carbocycles. The molecule has 0 radical (unpaired) electrons. The van der Waals surface area contributed by atoms with E-state index in [1.54, 1.807) is 7.11 Å². The van der Waals surface area contributed by atoms with Crippen LogP contribution in [0.3, 0.4) is 0 Å². The van der Waals surface area contributed by atoms with Crippen molar-refractivity contribution in [3.63, 3.8) is 0 Å². The van der Waals surface area contributed by atoms with Gasteiger partial charge in [0.2, 0.25) is 0 Å². The molecule has 0 aromatic heterocycles. The monoisotopic (exact) mass is 272 g/mol. The van der Waals surface area contributed by atoms with Crippen LogP contribution in [0.2, 0.25) is 0 Å². The van der Waals surface area contributed by atoms with E-state index in [1.165, 1.54) is 0 Å². The van der Waals surface area contributed by atoms with E-state index in [1.807, 2.05) is 0 Å². The number of ketones is 1. The Morgan fingerprint density at radius 3 is 1.79 bits per heavy atom. The van der Waals surface area contributed by atoms with Crippen LogP contribution in [0, 0.1) is 0 Å². The lowest BCUT2D eigenvalue weighted by Gasteiger charge is -2.02. The molecule has 19 heavy (non-hydrogen) atoms. The molecule has 112 valence electrons. The third kappa shape index (κ3) is 15.0. The average molecular weight is 272 g/mol. The smallest absolute Gasteiger partial charge is 0.303 e. The summed E-state index contributed by atoms with van der Waals surface area (Å²) < 4.78 is 4.95. The minimum atomic E-state index is -0.719. The van der Waals surface area contributed by atoms with Crippen LogP contribution in [0.4, 0.5) is 0 Å². The van der Waals surface area contributed by atoms with Crippen molar-refractivity contribution in [3.8, 4) is 0 Å². The Morgan fingerprint density at radius 2 is 1.26 bits per heavy atom. The molecule has 0 aromatic rings. The average Bonchev–Trinajstić information content (AvgIpc) is 2.37. The number of carbonyl (C=O) groups is 2. The first-order chi connectivity index (χ1) is 9.16. The topological polar surface area (TPSA) is 63.6 Å².